The van der Waals surface area contributed by atoms with Gasteiger partial charge in [-0.05, 0) is 62.2 Å². The third kappa shape index (κ3) is 6.40. The van der Waals surface area contributed by atoms with E-state index in [1.54, 1.807) is 6.08 Å². The zero-order valence-electron chi connectivity index (χ0n) is 17.0. The molecule has 0 aliphatic heterocycles. The van der Waals surface area contributed by atoms with Crippen LogP contribution in [0.3, 0.4) is 0 Å². The summed E-state index contributed by atoms with van der Waals surface area (Å²) < 4.78 is 6.02. The van der Waals surface area contributed by atoms with Gasteiger partial charge in [-0.15, -0.1) is 0 Å². The van der Waals surface area contributed by atoms with Crippen LogP contribution in [-0.2, 0) is 12.8 Å². The van der Waals surface area contributed by atoms with E-state index in [9.17, 15) is 5.26 Å². The lowest BCUT2D eigenvalue weighted by atomic mass is 9.93. The van der Waals surface area contributed by atoms with E-state index >= 15 is 0 Å². The molecule has 0 aliphatic rings. The normalized spacial score (nSPS) is 11.6. The Morgan fingerprint density at radius 2 is 1.96 bits per heavy atom. The topological polar surface area (TPSA) is 36.3 Å². The van der Waals surface area contributed by atoms with Crippen molar-refractivity contribution in [3.8, 4) is 11.8 Å². The van der Waals surface area contributed by atoms with Crippen molar-refractivity contribution in [3.63, 3.8) is 0 Å². The van der Waals surface area contributed by atoms with Crippen LogP contribution in [0.4, 0.5) is 0 Å². The fourth-order valence-electron chi connectivity index (χ4n) is 3.22. The molecule has 0 N–H and O–H groups in total. The van der Waals surface area contributed by atoms with Gasteiger partial charge in [0.1, 0.15) is 5.75 Å². The van der Waals surface area contributed by atoms with Gasteiger partial charge in [0.15, 0.2) is 0 Å². The zero-order valence-corrected chi connectivity index (χ0v) is 17.0. The summed E-state index contributed by atoms with van der Waals surface area (Å²) in [5.74, 6) is 0.848. The molecule has 0 heterocycles. The van der Waals surface area contributed by atoms with Crippen LogP contribution < -0.4 is 4.74 Å². The van der Waals surface area contributed by atoms with E-state index in [-0.39, 0.29) is 6.04 Å². The molecule has 0 amide bonds. The summed E-state index contributed by atoms with van der Waals surface area (Å²) in [6.07, 6.45) is 4.90. The SMILES string of the molecule is C=CC(=C)Cc1ccc(OCCCc2ccccc2)cc1C(CC#N)N(C)C. The number of hydrogen-bond donors (Lipinski definition) is 0. The fourth-order valence-corrected chi connectivity index (χ4v) is 3.22. The van der Waals surface area contributed by atoms with Crippen molar-refractivity contribution in [1.82, 2.24) is 4.90 Å². The second-order valence-corrected chi connectivity index (χ2v) is 7.18. The smallest absolute Gasteiger partial charge is 0.119 e. The van der Waals surface area contributed by atoms with Crippen molar-refractivity contribution in [2.75, 3.05) is 20.7 Å². The lowest BCUT2D eigenvalue weighted by Gasteiger charge is -2.25. The molecule has 2 rings (SSSR count). The van der Waals surface area contributed by atoms with Crippen molar-refractivity contribution in [2.24, 2.45) is 0 Å². The monoisotopic (exact) mass is 374 g/mol. The molecule has 0 fully saturated rings. The molecule has 146 valence electrons. The zero-order chi connectivity index (χ0) is 20.4. The first kappa shape index (κ1) is 21.5. The predicted octanol–water partition coefficient (Wildman–Crippen LogP) is 5.50. The van der Waals surface area contributed by atoms with E-state index in [4.69, 9.17) is 4.74 Å². The first-order valence-electron chi connectivity index (χ1n) is 9.68. The summed E-state index contributed by atoms with van der Waals surface area (Å²) in [5, 5.41) is 9.28. The Balaban J connectivity index is 2.12. The maximum atomic E-state index is 9.28. The van der Waals surface area contributed by atoms with Gasteiger partial charge in [0.2, 0.25) is 0 Å². The molecule has 0 aromatic heterocycles. The van der Waals surface area contributed by atoms with Crippen molar-refractivity contribution < 1.29 is 4.74 Å². The lowest BCUT2D eigenvalue weighted by Crippen LogP contribution is -2.21. The van der Waals surface area contributed by atoms with Gasteiger partial charge < -0.3 is 9.64 Å². The van der Waals surface area contributed by atoms with Gasteiger partial charge in [-0.1, -0.05) is 61.2 Å². The first-order chi connectivity index (χ1) is 13.5. The molecule has 0 spiro atoms. The summed E-state index contributed by atoms with van der Waals surface area (Å²) in [6, 6.07) is 19.0. The largest absolute Gasteiger partial charge is 0.494 e. The molecule has 2 aromatic carbocycles. The standard InChI is InChI=1S/C25H30N2O/c1-5-20(2)18-22-13-14-23(19-24(22)25(15-16-26)27(3)4)28-17-9-12-21-10-7-6-8-11-21/h5-8,10-11,13-14,19,25H,1-2,9,12,15,17-18H2,3-4H3. The highest BCUT2D eigenvalue weighted by Crippen LogP contribution is 2.30. The minimum atomic E-state index is 0.0190. The van der Waals surface area contributed by atoms with Gasteiger partial charge in [0, 0.05) is 6.04 Å². The third-order valence-electron chi connectivity index (χ3n) is 4.81. The Morgan fingerprint density at radius 3 is 2.61 bits per heavy atom. The van der Waals surface area contributed by atoms with Gasteiger partial charge in [-0.25, -0.2) is 0 Å². The summed E-state index contributed by atoms with van der Waals surface area (Å²) >= 11 is 0. The molecule has 3 nitrogen and oxygen atoms in total. The second kappa shape index (κ2) is 11.1. The number of allylic oxidation sites excluding steroid dienone is 2. The molecule has 3 heteroatoms. The van der Waals surface area contributed by atoms with Crippen LogP contribution in [0.5, 0.6) is 5.75 Å². The van der Waals surface area contributed by atoms with Crippen LogP contribution >= 0.6 is 0 Å². The quantitative estimate of drug-likeness (QED) is 0.385. The van der Waals surface area contributed by atoms with E-state index < -0.39 is 0 Å². The average molecular weight is 375 g/mol. The molecule has 1 unspecified atom stereocenters. The molecule has 0 saturated carbocycles. The highest BCUT2D eigenvalue weighted by atomic mass is 16.5. The minimum Gasteiger partial charge on any atom is -0.494 e. The van der Waals surface area contributed by atoms with Gasteiger partial charge in [0.25, 0.3) is 0 Å². The lowest BCUT2D eigenvalue weighted by molar-refractivity contribution is 0.294. The second-order valence-electron chi connectivity index (χ2n) is 7.18. The minimum absolute atomic E-state index is 0.0190. The van der Waals surface area contributed by atoms with Crippen LogP contribution in [0.15, 0.2) is 73.3 Å². The number of hydrogen-bond acceptors (Lipinski definition) is 3. The van der Waals surface area contributed by atoms with Crippen LogP contribution in [-0.4, -0.2) is 25.6 Å². The highest BCUT2D eigenvalue weighted by Gasteiger charge is 2.18. The van der Waals surface area contributed by atoms with Gasteiger partial charge in [-0.2, -0.15) is 5.26 Å². The van der Waals surface area contributed by atoms with E-state index in [1.807, 2.05) is 26.2 Å². The van der Waals surface area contributed by atoms with Gasteiger partial charge in [0.05, 0.1) is 19.1 Å². The number of rotatable bonds is 11. The fraction of sp³-hybridized carbons (Fsp3) is 0.320. The number of aryl methyl sites for hydroxylation is 1. The third-order valence-corrected chi connectivity index (χ3v) is 4.81. The Labute approximate surface area is 169 Å². The number of benzene rings is 2. The summed E-state index contributed by atoms with van der Waals surface area (Å²) in [7, 11) is 4.00. The molecule has 0 radical (unpaired) electrons. The average Bonchev–Trinajstić information content (AvgIpc) is 2.71. The molecule has 0 bridgehead atoms. The maximum Gasteiger partial charge on any atom is 0.119 e. The van der Waals surface area contributed by atoms with Crippen molar-refractivity contribution >= 4 is 0 Å². The number of ether oxygens (including phenoxy) is 1. The molecular weight excluding hydrogens is 344 g/mol. The Bertz CT molecular complexity index is 818. The molecular formula is C25H30N2O. The first-order valence-corrected chi connectivity index (χ1v) is 9.68. The van der Waals surface area contributed by atoms with Crippen LogP contribution in [0.2, 0.25) is 0 Å². The molecule has 1 atom stereocenters. The van der Waals surface area contributed by atoms with Gasteiger partial charge in [-0.3, -0.25) is 0 Å². The Morgan fingerprint density at radius 1 is 1.21 bits per heavy atom. The summed E-state index contributed by atoms with van der Waals surface area (Å²) in [6.45, 7) is 8.52. The maximum absolute atomic E-state index is 9.28. The van der Waals surface area contributed by atoms with E-state index in [1.165, 1.54) is 5.56 Å². The molecule has 0 saturated heterocycles. The van der Waals surface area contributed by atoms with E-state index in [0.29, 0.717) is 13.0 Å². The van der Waals surface area contributed by atoms with Crippen molar-refractivity contribution in [2.45, 2.75) is 31.7 Å². The molecule has 0 aliphatic carbocycles. The van der Waals surface area contributed by atoms with Crippen LogP contribution in [0.25, 0.3) is 0 Å². The summed E-state index contributed by atoms with van der Waals surface area (Å²) in [4.78, 5) is 2.08. The summed E-state index contributed by atoms with van der Waals surface area (Å²) in [5.41, 5.74) is 4.57. The van der Waals surface area contributed by atoms with Crippen LogP contribution in [0.1, 0.15) is 35.6 Å². The Hall–Kier alpha value is -2.83. The van der Waals surface area contributed by atoms with Gasteiger partial charge >= 0.3 is 0 Å². The molecule has 2 aromatic rings. The van der Waals surface area contributed by atoms with E-state index in [2.05, 4.69) is 60.5 Å². The number of nitriles is 1. The van der Waals surface area contributed by atoms with Crippen LogP contribution in [0, 0.1) is 11.3 Å². The Kier molecular flexibility index (Phi) is 8.52. The highest BCUT2D eigenvalue weighted by molar-refractivity contribution is 5.41. The van der Waals surface area contributed by atoms with E-state index in [0.717, 1.165) is 41.7 Å². The van der Waals surface area contributed by atoms with Crippen molar-refractivity contribution in [3.05, 3.63) is 90.0 Å². The molecule has 28 heavy (non-hydrogen) atoms. The van der Waals surface area contributed by atoms with Crippen molar-refractivity contribution in [1.29, 1.82) is 5.26 Å². The predicted molar refractivity (Wildman–Crippen MR) is 116 cm³/mol. The number of nitrogens with zero attached hydrogens (tertiary/aromatic N) is 2.